The Bertz CT molecular complexity index is 1080. The molecule has 2 atom stereocenters. The number of carboxylic acids is 1. The predicted octanol–water partition coefficient (Wildman–Crippen LogP) is 3.36. The van der Waals surface area contributed by atoms with Gasteiger partial charge in [0.2, 0.25) is 5.43 Å². The number of nitrogens with zero attached hydrogens (tertiary/aromatic N) is 3. The van der Waals surface area contributed by atoms with Crippen molar-refractivity contribution in [1.29, 1.82) is 0 Å². The minimum Gasteiger partial charge on any atom is -0.477 e. The fourth-order valence-electron chi connectivity index (χ4n) is 5.10. The lowest BCUT2D eigenvalue weighted by molar-refractivity contribution is 0.0695. The van der Waals surface area contributed by atoms with E-state index in [-0.39, 0.29) is 22.0 Å². The van der Waals surface area contributed by atoms with Crippen molar-refractivity contribution in [3.05, 3.63) is 38.9 Å². The van der Waals surface area contributed by atoms with Crippen LogP contribution in [0.2, 0.25) is 5.02 Å². The van der Waals surface area contributed by atoms with Crippen LogP contribution in [0.5, 0.6) is 0 Å². The van der Waals surface area contributed by atoms with E-state index in [0.717, 1.165) is 38.8 Å². The standard InChI is InChI=1S/C21H23ClFN3O3/c1-24-6-2-3-11-8-25(10-16(11)24)19-15(23)7-13-18(17(19)22)26(12-4-5-12)9-14(20(13)27)21(28)29/h7,9,11-12,16H,2-6,8,10H2,1H3,(H,28,29)/t11-,16+/m0/s1. The largest absolute Gasteiger partial charge is 0.477 e. The predicted molar refractivity (Wildman–Crippen MR) is 110 cm³/mol. The first-order valence-electron chi connectivity index (χ1n) is 10.1. The first kappa shape index (κ1) is 18.9. The highest BCUT2D eigenvalue weighted by Crippen LogP contribution is 2.43. The lowest BCUT2D eigenvalue weighted by Crippen LogP contribution is -2.42. The van der Waals surface area contributed by atoms with Crippen LogP contribution in [-0.4, -0.2) is 53.3 Å². The summed E-state index contributed by atoms with van der Waals surface area (Å²) in [6.07, 6.45) is 5.40. The molecule has 1 N–H and O–H groups in total. The molecule has 3 aliphatic rings. The molecule has 1 aromatic carbocycles. The third-order valence-corrected chi connectivity index (χ3v) is 7.09. The highest BCUT2D eigenvalue weighted by molar-refractivity contribution is 6.38. The zero-order valence-electron chi connectivity index (χ0n) is 16.2. The molecule has 0 amide bonds. The fourth-order valence-corrected chi connectivity index (χ4v) is 5.51. The minimum absolute atomic E-state index is 0.0387. The zero-order valence-corrected chi connectivity index (χ0v) is 17.0. The average molecular weight is 420 g/mol. The van der Waals surface area contributed by atoms with Crippen molar-refractivity contribution in [2.75, 3.05) is 31.6 Å². The Labute approximate surface area is 172 Å². The number of likely N-dealkylation sites (tertiary alicyclic amines) is 1. The lowest BCUT2D eigenvalue weighted by Gasteiger charge is -2.33. The van der Waals surface area contributed by atoms with Crippen LogP contribution in [0, 0.1) is 11.7 Å². The van der Waals surface area contributed by atoms with E-state index in [1.165, 1.54) is 12.3 Å². The van der Waals surface area contributed by atoms with Gasteiger partial charge in [-0.25, -0.2) is 9.18 Å². The molecule has 1 saturated carbocycles. The quantitative estimate of drug-likeness (QED) is 0.826. The monoisotopic (exact) mass is 419 g/mol. The van der Waals surface area contributed by atoms with Crippen LogP contribution in [0.3, 0.4) is 0 Å². The summed E-state index contributed by atoms with van der Waals surface area (Å²) < 4.78 is 17.0. The maximum absolute atomic E-state index is 15.2. The van der Waals surface area contributed by atoms with Crippen LogP contribution in [-0.2, 0) is 0 Å². The van der Waals surface area contributed by atoms with Crippen molar-refractivity contribution in [2.24, 2.45) is 5.92 Å². The molecule has 3 heterocycles. The molecule has 0 bridgehead atoms. The maximum atomic E-state index is 15.2. The third kappa shape index (κ3) is 2.94. The number of likely N-dealkylation sites (N-methyl/N-ethyl adjacent to an activating group) is 1. The van der Waals surface area contributed by atoms with Crippen molar-refractivity contribution in [3.8, 4) is 0 Å². The number of halogens is 2. The average Bonchev–Trinajstić information content (AvgIpc) is 3.42. The first-order valence-corrected chi connectivity index (χ1v) is 10.5. The van der Waals surface area contributed by atoms with E-state index >= 15 is 4.39 Å². The Morgan fingerprint density at radius 1 is 1.28 bits per heavy atom. The highest BCUT2D eigenvalue weighted by atomic mass is 35.5. The number of carbonyl (C=O) groups is 1. The molecule has 29 heavy (non-hydrogen) atoms. The molecule has 1 aromatic heterocycles. The summed E-state index contributed by atoms with van der Waals surface area (Å²) in [5.41, 5.74) is -0.254. The van der Waals surface area contributed by atoms with E-state index in [2.05, 4.69) is 11.9 Å². The Hall–Kier alpha value is -2.12. The van der Waals surface area contributed by atoms with Crippen molar-refractivity contribution < 1.29 is 14.3 Å². The summed E-state index contributed by atoms with van der Waals surface area (Å²) in [6.45, 7) is 2.48. The molecular weight excluding hydrogens is 397 g/mol. The van der Waals surface area contributed by atoms with Gasteiger partial charge in [-0.1, -0.05) is 11.6 Å². The number of hydrogen-bond acceptors (Lipinski definition) is 4. The second-order valence-electron chi connectivity index (χ2n) is 8.59. The normalized spacial score (nSPS) is 24.9. The SMILES string of the molecule is CN1CCC[C@H]2CN(c3c(F)cc4c(=O)c(C(=O)O)cn(C5CC5)c4c3Cl)C[C@H]21. The van der Waals surface area contributed by atoms with Crippen LogP contribution in [0.25, 0.3) is 10.9 Å². The van der Waals surface area contributed by atoms with E-state index in [0.29, 0.717) is 29.7 Å². The molecule has 2 saturated heterocycles. The van der Waals surface area contributed by atoms with Gasteiger partial charge in [0.05, 0.1) is 21.6 Å². The molecule has 1 aliphatic carbocycles. The molecule has 5 rings (SSSR count). The maximum Gasteiger partial charge on any atom is 0.341 e. The second kappa shape index (κ2) is 6.71. The van der Waals surface area contributed by atoms with E-state index in [1.54, 1.807) is 4.57 Å². The molecule has 2 aliphatic heterocycles. The highest BCUT2D eigenvalue weighted by Gasteiger charge is 2.39. The molecular formula is C21H23ClFN3O3. The van der Waals surface area contributed by atoms with Crippen LogP contribution in [0.4, 0.5) is 10.1 Å². The van der Waals surface area contributed by atoms with Crippen LogP contribution < -0.4 is 10.3 Å². The minimum atomic E-state index is -1.31. The second-order valence-corrected chi connectivity index (χ2v) is 8.97. The number of rotatable bonds is 3. The van der Waals surface area contributed by atoms with Gasteiger partial charge in [-0.15, -0.1) is 0 Å². The lowest BCUT2D eigenvalue weighted by atomic mass is 9.93. The van der Waals surface area contributed by atoms with Crippen molar-refractivity contribution in [3.63, 3.8) is 0 Å². The Morgan fingerprint density at radius 2 is 2.03 bits per heavy atom. The molecule has 2 aromatic rings. The van der Waals surface area contributed by atoms with Crippen LogP contribution in [0.15, 0.2) is 17.1 Å². The van der Waals surface area contributed by atoms with Gasteiger partial charge < -0.3 is 19.5 Å². The van der Waals surface area contributed by atoms with Crippen molar-refractivity contribution >= 4 is 34.2 Å². The van der Waals surface area contributed by atoms with E-state index in [1.807, 2.05) is 4.90 Å². The number of aromatic carboxylic acids is 1. The summed E-state index contributed by atoms with van der Waals surface area (Å²) in [5.74, 6) is -1.40. The summed E-state index contributed by atoms with van der Waals surface area (Å²) in [4.78, 5) is 28.6. The van der Waals surface area contributed by atoms with Gasteiger partial charge in [-0.3, -0.25) is 4.79 Å². The van der Waals surface area contributed by atoms with Crippen LogP contribution >= 0.6 is 11.6 Å². The summed E-state index contributed by atoms with van der Waals surface area (Å²) in [7, 11) is 2.11. The van der Waals surface area contributed by atoms with Gasteiger partial charge in [0.1, 0.15) is 11.4 Å². The molecule has 6 nitrogen and oxygen atoms in total. The van der Waals surface area contributed by atoms with Gasteiger partial charge >= 0.3 is 5.97 Å². The summed E-state index contributed by atoms with van der Waals surface area (Å²) >= 11 is 6.74. The Balaban J connectivity index is 1.68. The first-order chi connectivity index (χ1) is 13.9. The molecule has 8 heteroatoms. The van der Waals surface area contributed by atoms with Crippen molar-refractivity contribution in [1.82, 2.24) is 9.47 Å². The zero-order chi connectivity index (χ0) is 20.4. The number of hydrogen-bond donors (Lipinski definition) is 1. The summed E-state index contributed by atoms with van der Waals surface area (Å²) in [5, 5.41) is 9.66. The van der Waals surface area contributed by atoms with E-state index in [9.17, 15) is 14.7 Å². The number of piperidine rings is 1. The fraction of sp³-hybridized carbons (Fsp3) is 0.524. The Morgan fingerprint density at radius 3 is 2.69 bits per heavy atom. The number of pyridine rings is 1. The molecule has 3 fully saturated rings. The van der Waals surface area contributed by atoms with Crippen molar-refractivity contribution in [2.45, 2.75) is 37.8 Å². The Kier molecular flexibility index (Phi) is 4.37. The third-order valence-electron chi connectivity index (χ3n) is 6.73. The number of benzene rings is 1. The van der Waals surface area contributed by atoms with Gasteiger partial charge in [-0.2, -0.15) is 0 Å². The van der Waals surface area contributed by atoms with E-state index in [4.69, 9.17) is 11.6 Å². The van der Waals surface area contributed by atoms with Gasteiger partial charge in [0.15, 0.2) is 0 Å². The van der Waals surface area contributed by atoms with Gasteiger partial charge in [-0.05, 0) is 51.3 Å². The molecule has 0 radical (unpaired) electrons. The molecule has 154 valence electrons. The summed E-state index contributed by atoms with van der Waals surface area (Å²) in [6, 6.07) is 1.64. The van der Waals surface area contributed by atoms with Crippen LogP contribution in [0.1, 0.15) is 42.1 Å². The topological polar surface area (TPSA) is 65.8 Å². The van der Waals surface area contributed by atoms with Gasteiger partial charge in [0.25, 0.3) is 0 Å². The number of anilines is 1. The molecule has 0 spiro atoms. The number of aromatic nitrogens is 1. The molecule has 0 unspecified atom stereocenters. The van der Waals surface area contributed by atoms with Gasteiger partial charge in [0, 0.05) is 31.4 Å². The number of carboxylic acid groups (broad SMARTS) is 1. The van der Waals surface area contributed by atoms with E-state index < -0.39 is 17.2 Å². The number of fused-ring (bicyclic) bond motifs is 2. The smallest absolute Gasteiger partial charge is 0.341 e.